The van der Waals surface area contributed by atoms with E-state index < -0.39 is 0 Å². The SMILES string of the molecule is CCCOC(=O)CCN1C(=O)/C(=C/c2ccc(OCc3ccc(Cl)cc3Cl)cc2)SC1=S. The number of thioether (sulfide) groups is 1. The Morgan fingerprint density at radius 1 is 1.19 bits per heavy atom. The van der Waals surface area contributed by atoms with Crippen LogP contribution >= 0.6 is 47.2 Å². The van der Waals surface area contributed by atoms with Crippen molar-refractivity contribution in [1.82, 2.24) is 4.90 Å². The number of carbonyl (C=O) groups is 2. The van der Waals surface area contributed by atoms with Crippen LogP contribution in [0.25, 0.3) is 6.08 Å². The van der Waals surface area contributed by atoms with Crippen LogP contribution in [0.1, 0.15) is 30.9 Å². The molecule has 168 valence electrons. The first-order valence-electron chi connectivity index (χ1n) is 9.95. The monoisotopic (exact) mass is 509 g/mol. The summed E-state index contributed by atoms with van der Waals surface area (Å²) in [6, 6.07) is 12.6. The fourth-order valence-electron chi connectivity index (χ4n) is 2.80. The molecule has 32 heavy (non-hydrogen) atoms. The number of esters is 1. The average molecular weight is 510 g/mol. The van der Waals surface area contributed by atoms with Crippen LogP contribution in [-0.2, 0) is 20.9 Å². The van der Waals surface area contributed by atoms with E-state index in [1.165, 1.54) is 16.7 Å². The summed E-state index contributed by atoms with van der Waals surface area (Å²) in [6.07, 6.45) is 2.65. The molecule has 0 N–H and O–H groups in total. The molecule has 1 amide bonds. The third kappa shape index (κ3) is 6.72. The van der Waals surface area contributed by atoms with Gasteiger partial charge in [0.05, 0.1) is 17.9 Å². The van der Waals surface area contributed by atoms with E-state index in [1.54, 1.807) is 18.2 Å². The Balaban J connectivity index is 1.57. The normalized spacial score (nSPS) is 14.8. The summed E-state index contributed by atoms with van der Waals surface area (Å²) in [6.45, 7) is 2.83. The molecule has 0 unspecified atom stereocenters. The Morgan fingerprint density at radius 2 is 1.94 bits per heavy atom. The number of thiocarbonyl (C=S) groups is 1. The van der Waals surface area contributed by atoms with E-state index in [9.17, 15) is 9.59 Å². The molecular formula is C23H21Cl2NO4S2. The molecule has 0 spiro atoms. The van der Waals surface area contributed by atoms with Crippen LogP contribution in [0.15, 0.2) is 47.4 Å². The van der Waals surface area contributed by atoms with Gasteiger partial charge >= 0.3 is 5.97 Å². The number of halogens is 2. The highest BCUT2D eigenvalue weighted by Crippen LogP contribution is 2.33. The zero-order valence-corrected chi connectivity index (χ0v) is 20.5. The maximum Gasteiger partial charge on any atom is 0.307 e. The minimum atomic E-state index is -0.333. The number of hydrogen-bond acceptors (Lipinski definition) is 6. The van der Waals surface area contributed by atoms with E-state index in [-0.39, 0.29) is 24.8 Å². The van der Waals surface area contributed by atoms with Crippen LogP contribution in [0, 0.1) is 0 Å². The average Bonchev–Trinajstić information content (AvgIpc) is 3.03. The molecule has 1 saturated heterocycles. The van der Waals surface area contributed by atoms with E-state index >= 15 is 0 Å². The minimum Gasteiger partial charge on any atom is -0.489 e. The maximum absolute atomic E-state index is 12.7. The predicted molar refractivity (Wildman–Crippen MR) is 133 cm³/mol. The molecule has 1 aliphatic rings. The molecule has 1 fully saturated rings. The fraction of sp³-hybridized carbons (Fsp3) is 0.261. The molecule has 0 radical (unpaired) electrons. The fourth-order valence-corrected chi connectivity index (χ4v) is 4.57. The van der Waals surface area contributed by atoms with E-state index in [4.69, 9.17) is 44.9 Å². The first-order chi connectivity index (χ1) is 15.4. The number of carbonyl (C=O) groups excluding carboxylic acids is 2. The van der Waals surface area contributed by atoms with Crippen molar-refractivity contribution in [2.45, 2.75) is 26.4 Å². The van der Waals surface area contributed by atoms with Crippen molar-refractivity contribution in [2.24, 2.45) is 0 Å². The molecule has 0 atom stereocenters. The van der Waals surface area contributed by atoms with E-state index in [0.717, 1.165) is 17.5 Å². The molecule has 1 aliphatic heterocycles. The molecule has 0 aliphatic carbocycles. The summed E-state index contributed by atoms with van der Waals surface area (Å²) < 4.78 is 11.3. The smallest absolute Gasteiger partial charge is 0.307 e. The molecule has 0 bridgehead atoms. The third-order valence-corrected chi connectivity index (χ3v) is 6.43. The zero-order valence-electron chi connectivity index (χ0n) is 17.3. The van der Waals surface area contributed by atoms with E-state index in [2.05, 4.69) is 0 Å². The predicted octanol–water partition coefficient (Wildman–Crippen LogP) is 6.12. The van der Waals surface area contributed by atoms with Crippen LogP contribution in [0.4, 0.5) is 0 Å². The van der Waals surface area contributed by atoms with Crippen molar-refractivity contribution in [3.63, 3.8) is 0 Å². The number of amides is 1. The summed E-state index contributed by atoms with van der Waals surface area (Å²) in [5.74, 6) is 0.132. The molecule has 0 saturated carbocycles. The number of ether oxygens (including phenoxy) is 2. The summed E-state index contributed by atoms with van der Waals surface area (Å²) in [7, 11) is 0. The van der Waals surface area contributed by atoms with Crippen LogP contribution in [-0.4, -0.2) is 34.2 Å². The second-order valence-electron chi connectivity index (χ2n) is 6.90. The highest BCUT2D eigenvalue weighted by molar-refractivity contribution is 8.26. The summed E-state index contributed by atoms with van der Waals surface area (Å²) >= 11 is 18.6. The topological polar surface area (TPSA) is 55.8 Å². The third-order valence-electron chi connectivity index (χ3n) is 4.47. The van der Waals surface area contributed by atoms with Crippen LogP contribution in [0.5, 0.6) is 5.75 Å². The van der Waals surface area contributed by atoms with Crippen molar-refractivity contribution in [1.29, 1.82) is 0 Å². The first-order valence-corrected chi connectivity index (χ1v) is 11.9. The maximum atomic E-state index is 12.7. The van der Waals surface area contributed by atoms with Gasteiger partial charge in [0.2, 0.25) is 0 Å². The van der Waals surface area contributed by atoms with Crippen molar-refractivity contribution in [3.8, 4) is 5.75 Å². The molecule has 9 heteroatoms. The zero-order chi connectivity index (χ0) is 23.1. The molecular weight excluding hydrogens is 489 g/mol. The van der Waals surface area contributed by atoms with Gasteiger partial charge < -0.3 is 9.47 Å². The van der Waals surface area contributed by atoms with Crippen molar-refractivity contribution >= 4 is 69.5 Å². The van der Waals surface area contributed by atoms with Crippen molar-refractivity contribution < 1.29 is 19.1 Å². The van der Waals surface area contributed by atoms with Crippen LogP contribution in [0.3, 0.4) is 0 Å². The second kappa shape index (κ2) is 11.7. The summed E-state index contributed by atoms with van der Waals surface area (Å²) in [5, 5.41) is 1.12. The molecule has 2 aromatic carbocycles. The second-order valence-corrected chi connectivity index (χ2v) is 9.42. The minimum absolute atomic E-state index is 0.114. The quantitative estimate of drug-likeness (QED) is 0.230. The van der Waals surface area contributed by atoms with E-state index in [0.29, 0.717) is 38.2 Å². The Labute approximate surface area is 206 Å². The van der Waals surface area contributed by atoms with Gasteiger partial charge in [-0.25, -0.2) is 0 Å². The highest BCUT2D eigenvalue weighted by atomic mass is 35.5. The van der Waals surface area contributed by atoms with Crippen LogP contribution < -0.4 is 4.74 Å². The Kier molecular flexibility index (Phi) is 8.99. The largest absolute Gasteiger partial charge is 0.489 e. The highest BCUT2D eigenvalue weighted by Gasteiger charge is 2.32. The lowest BCUT2D eigenvalue weighted by Crippen LogP contribution is -2.30. The van der Waals surface area contributed by atoms with Crippen molar-refractivity contribution in [2.75, 3.05) is 13.2 Å². The van der Waals surface area contributed by atoms with Gasteiger partial charge in [0.1, 0.15) is 16.7 Å². The number of benzene rings is 2. The van der Waals surface area contributed by atoms with Gasteiger partial charge in [-0.2, -0.15) is 0 Å². The lowest BCUT2D eigenvalue weighted by atomic mass is 10.2. The van der Waals surface area contributed by atoms with Gasteiger partial charge in [0.25, 0.3) is 5.91 Å². The van der Waals surface area contributed by atoms with Gasteiger partial charge in [0, 0.05) is 22.2 Å². The van der Waals surface area contributed by atoms with Gasteiger partial charge in [0.15, 0.2) is 0 Å². The number of hydrogen-bond donors (Lipinski definition) is 0. The van der Waals surface area contributed by atoms with Gasteiger partial charge in [-0.15, -0.1) is 0 Å². The summed E-state index contributed by atoms with van der Waals surface area (Å²) in [4.78, 5) is 26.3. The van der Waals surface area contributed by atoms with Gasteiger partial charge in [-0.05, 0) is 42.3 Å². The Hall–Kier alpha value is -2.06. The standard InChI is InChI=1S/C23H21Cl2NO4S2/c1-2-11-29-21(27)9-10-26-22(28)20(32-23(26)31)12-15-3-7-18(8-4-15)30-14-16-5-6-17(24)13-19(16)25/h3-8,12-13H,2,9-11,14H2,1H3/b20-12-. The molecule has 0 aromatic heterocycles. The molecule has 3 rings (SSSR count). The van der Waals surface area contributed by atoms with Crippen LogP contribution in [0.2, 0.25) is 10.0 Å². The molecule has 5 nitrogen and oxygen atoms in total. The number of rotatable bonds is 9. The van der Waals surface area contributed by atoms with Gasteiger partial charge in [-0.1, -0.05) is 72.3 Å². The Bertz CT molecular complexity index is 1040. The van der Waals surface area contributed by atoms with Crippen molar-refractivity contribution in [3.05, 3.63) is 68.5 Å². The first kappa shape index (κ1) is 24.6. The Morgan fingerprint density at radius 3 is 2.62 bits per heavy atom. The molecule has 2 aromatic rings. The van der Waals surface area contributed by atoms with Gasteiger partial charge in [-0.3, -0.25) is 14.5 Å². The molecule has 1 heterocycles. The van der Waals surface area contributed by atoms with E-state index in [1.807, 2.05) is 37.3 Å². The number of nitrogens with zero attached hydrogens (tertiary/aromatic N) is 1. The summed E-state index contributed by atoms with van der Waals surface area (Å²) in [5.41, 5.74) is 1.67. The lowest BCUT2D eigenvalue weighted by molar-refractivity contribution is -0.143. The lowest BCUT2D eigenvalue weighted by Gasteiger charge is -2.13.